The van der Waals surface area contributed by atoms with Gasteiger partial charge in [-0.25, -0.2) is 0 Å². The number of phenols is 1. The minimum absolute atomic E-state index is 0.00320. The number of carbonyl (C=O) groups excluding carboxylic acids is 1. The highest BCUT2D eigenvalue weighted by molar-refractivity contribution is 5.99. The van der Waals surface area contributed by atoms with Crippen LogP contribution in [0.15, 0.2) is 18.2 Å². The van der Waals surface area contributed by atoms with Crippen molar-refractivity contribution in [1.82, 2.24) is 4.90 Å². The van der Waals surface area contributed by atoms with Crippen LogP contribution in [0.1, 0.15) is 30.6 Å². The molecule has 0 spiro atoms. The summed E-state index contributed by atoms with van der Waals surface area (Å²) < 4.78 is 0. The molecule has 0 atom stereocenters. The maximum Gasteiger partial charge on any atom is 0.256 e. The van der Waals surface area contributed by atoms with Gasteiger partial charge in [0.1, 0.15) is 5.75 Å². The maximum absolute atomic E-state index is 12.3. The van der Waals surface area contributed by atoms with Crippen LogP contribution in [-0.4, -0.2) is 28.5 Å². The molecule has 1 amide bonds. The van der Waals surface area contributed by atoms with Gasteiger partial charge in [0.25, 0.3) is 5.91 Å². The molecule has 5 heteroatoms. The Balaban J connectivity index is 3.02. The first-order valence-electron chi connectivity index (χ1n) is 5.73. The van der Waals surface area contributed by atoms with E-state index in [0.29, 0.717) is 12.2 Å². The molecule has 1 rings (SSSR count). The molecular weight excluding hydrogens is 230 g/mol. The smallest absolute Gasteiger partial charge is 0.256 e. The minimum Gasteiger partial charge on any atom is -0.508 e. The van der Waals surface area contributed by atoms with E-state index in [0.717, 1.165) is 0 Å². The lowest BCUT2D eigenvalue weighted by Gasteiger charge is -2.26. The quantitative estimate of drug-likeness (QED) is 0.626. The number of nitrogen functional groups attached to an aromatic ring is 1. The molecule has 0 unspecified atom stereocenters. The number of rotatable bonds is 4. The van der Waals surface area contributed by atoms with Crippen LogP contribution < -0.4 is 5.73 Å². The Morgan fingerprint density at radius 3 is 2.78 bits per heavy atom. The predicted molar refractivity (Wildman–Crippen MR) is 68.9 cm³/mol. The van der Waals surface area contributed by atoms with E-state index >= 15 is 0 Å². The van der Waals surface area contributed by atoms with E-state index in [4.69, 9.17) is 11.0 Å². The Bertz CT molecular complexity index is 478. The molecule has 96 valence electrons. The van der Waals surface area contributed by atoms with Crippen LogP contribution in [0.5, 0.6) is 5.75 Å². The van der Waals surface area contributed by atoms with E-state index < -0.39 is 0 Å². The Morgan fingerprint density at radius 2 is 2.22 bits per heavy atom. The van der Waals surface area contributed by atoms with Crippen LogP contribution in [0.2, 0.25) is 0 Å². The highest BCUT2D eigenvalue weighted by atomic mass is 16.3. The summed E-state index contributed by atoms with van der Waals surface area (Å²) in [6.07, 6.45) is 0.267. The van der Waals surface area contributed by atoms with Crippen LogP contribution >= 0.6 is 0 Å². The van der Waals surface area contributed by atoms with Gasteiger partial charge in [-0.05, 0) is 32.0 Å². The third kappa shape index (κ3) is 3.14. The van der Waals surface area contributed by atoms with Crippen molar-refractivity contribution in [2.45, 2.75) is 26.3 Å². The molecule has 0 radical (unpaired) electrons. The summed E-state index contributed by atoms with van der Waals surface area (Å²) in [4.78, 5) is 13.9. The number of aromatic hydroxyl groups is 1. The highest BCUT2D eigenvalue weighted by Crippen LogP contribution is 2.21. The van der Waals surface area contributed by atoms with E-state index in [-0.39, 0.29) is 29.7 Å². The Labute approximate surface area is 106 Å². The third-order valence-corrected chi connectivity index (χ3v) is 2.62. The number of benzene rings is 1. The average Bonchev–Trinajstić information content (AvgIpc) is 2.32. The molecule has 0 aliphatic rings. The Kier molecular flexibility index (Phi) is 4.55. The third-order valence-electron chi connectivity index (χ3n) is 2.62. The van der Waals surface area contributed by atoms with Gasteiger partial charge in [-0.15, -0.1) is 0 Å². The van der Waals surface area contributed by atoms with Crippen LogP contribution in [0.25, 0.3) is 0 Å². The normalized spacial score (nSPS) is 10.1. The van der Waals surface area contributed by atoms with E-state index in [1.165, 1.54) is 18.2 Å². The minimum atomic E-state index is -0.270. The van der Waals surface area contributed by atoms with Gasteiger partial charge in [-0.1, -0.05) is 0 Å². The number of nitrogens with two attached hydrogens (primary N) is 1. The lowest BCUT2D eigenvalue weighted by Crippen LogP contribution is -2.38. The summed E-state index contributed by atoms with van der Waals surface area (Å²) in [5.74, 6) is -0.273. The first-order valence-corrected chi connectivity index (χ1v) is 5.73. The van der Waals surface area contributed by atoms with Crippen molar-refractivity contribution < 1.29 is 9.90 Å². The number of nitrogens with zero attached hydrogens (tertiary/aromatic N) is 2. The van der Waals surface area contributed by atoms with Gasteiger partial charge in [-0.2, -0.15) is 5.26 Å². The number of amides is 1. The second-order valence-electron chi connectivity index (χ2n) is 4.27. The molecule has 18 heavy (non-hydrogen) atoms. The fourth-order valence-corrected chi connectivity index (χ4v) is 1.65. The fraction of sp³-hybridized carbons (Fsp3) is 0.385. The lowest BCUT2D eigenvalue weighted by atomic mass is 10.1. The van der Waals surface area contributed by atoms with Crippen molar-refractivity contribution in [2.75, 3.05) is 12.3 Å². The SMILES string of the molecule is CC(C)N(CCC#N)C(=O)c1cc(O)ccc1N. The van der Waals surface area contributed by atoms with E-state index in [2.05, 4.69) is 0 Å². The second kappa shape index (κ2) is 5.92. The molecule has 1 aromatic rings. The van der Waals surface area contributed by atoms with Gasteiger partial charge in [-0.3, -0.25) is 4.79 Å². The van der Waals surface area contributed by atoms with Gasteiger partial charge in [0.2, 0.25) is 0 Å². The molecule has 0 aliphatic carbocycles. The number of hydrogen-bond donors (Lipinski definition) is 2. The summed E-state index contributed by atoms with van der Waals surface area (Å²) in [6, 6.07) is 6.25. The van der Waals surface area contributed by atoms with Gasteiger partial charge in [0.05, 0.1) is 18.1 Å². The van der Waals surface area contributed by atoms with E-state index in [9.17, 15) is 9.90 Å². The summed E-state index contributed by atoms with van der Waals surface area (Å²) in [5, 5.41) is 18.0. The number of hydrogen-bond acceptors (Lipinski definition) is 4. The number of anilines is 1. The molecule has 0 aliphatic heterocycles. The zero-order valence-corrected chi connectivity index (χ0v) is 10.6. The summed E-state index contributed by atoms with van der Waals surface area (Å²) in [6.45, 7) is 4.09. The Hall–Kier alpha value is -2.22. The zero-order chi connectivity index (χ0) is 13.7. The average molecular weight is 247 g/mol. The molecule has 0 fully saturated rings. The zero-order valence-electron chi connectivity index (χ0n) is 10.6. The summed E-state index contributed by atoms with van der Waals surface area (Å²) in [7, 11) is 0. The molecule has 5 nitrogen and oxygen atoms in total. The molecule has 0 heterocycles. The Morgan fingerprint density at radius 1 is 1.56 bits per heavy atom. The van der Waals surface area contributed by atoms with Crippen LogP contribution in [0.3, 0.4) is 0 Å². The van der Waals surface area contributed by atoms with Crippen LogP contribution in [0, 0.1) is 11.3 Å². The van der Waals surface area contributed by atoms with Crippen molar-refractivity contribution in [3.05, 3.63) is 23.8 Å². The molecule has 0 aromatic heterocycles. The fourth-order valence-electron chi connectivity index (χ4n) is 1.65. The lowest BCUT2D eigenvalue weighted by molar-refractivity contribution is 0.0711. The van der Waals surface area contributed by atoms with Gasteiger partial charge in [0, 0.05) is 18.3 Å². The molecule has 0 saturated carbocycles. The maximum atomic E-state index is 12.3. The molecule has 0 bridgehead atoms. The van der Waals surface area contributed by atoms with Crippen LogP contribution in [0.4, 0.5) is 5.69 Å². The van der Waals surface area contributed by atoms with Crippen molar-refractivity contribution in [1.29, 1.82) is 5.26 Å². The van der Waals surface area contributed by atoms with Crippen molar-refractivity contribution in [2.24, 2.45) is 0 Å². The van der Waals surface area contributed by atoms with Gasteiger partial charge < -0.3 is 15.7 Å². The van der Waals surface area contributed by atoms with Crippen molar-refractivity contribution in [3.63, 3.8) is 0 Å². The standard InChI is InChI=1S/C13H17N3O2/c1-9(2)16(7-3-6-14)13(18)11-8-10(17)4-5-12(11)15/h4-5,8-9,17H,3,7,15H2,1-2H3. The largest absolute Gasteiger partial charge is 0.508 e. The second-order valence-corrected chi connectivity index (χ2v) is 4.27. The topological polar surface area (TPSA) is 90.3 Å². The van der Waals surface area contributed by atoms with Gasteiger partial charge >= 0.3 is 0 Å². The predicted octanol–water partition coefficient (Wildman–Crippen LogP) is 1.74. The van der Waals surface area contributed by atoms with Crippen LogP contribution in [-0.2, 0) is 0 Å². The highest BCUT2D eigenvalue weighted by Gasteiger charge is 2.20. The molecular formula is C13H17N3O2. The number of carbonyl (C=O) groups is 1. The molecule has 1 aromatic carbocycles. The van der Waals surface area contributed by atoms with E-state index in [1.54, 1.807) is 4.90 Å². The van der Waals surface area contributed by atoms with E-state index in [1.807, 2.05) is 19.9 Å². The van der Waals surface area contributed by atoms with Crippen molar-refractivity contribution >= 4 is 11.6 Å². The monoisotopic (exact) mass is 247 g/mol. The van der Waals surface area contributed by atoms with Crippen molar-refractivity contribution in [3.8, 4) is 11.8 Å². The molecule has 3 N–H and O–H groups in total. The molecule has 0 saturated heterocycles. The summed E-state index contributed by atoms with van der Waals surface area (Å²) in [5.41, 5.74) is 6.32. The number of phenolic OH excluding ortho intramolecular Hbond substituents is 1. The first-order chi connectivity index (χ1) is 8.47. The van der Waals surface area contributed by atoms with Gasteiger partial charge in [0.15, 0.2) is 0 Å². The summed E-state index contributed by atoms with van der Waals surface area (Å²) >= 11 is 0. The first kappa shape index (κ1) is 13.8. The number of nitriles is 1.